The van der Waals surface area contributed by atoms with Crippen LogP contribution in [0.3, 0.4) is 0 Å². The first-order chi connectivity index (χ1) is 7.90. The summed E-state index contributed by atoms with van der Waals surface area (Å²) in [5.74, 6) is -2.50. The van der Waals surface area contributed by atoms with Gasteiger partial charge >= 0.3 is 5.97 Å². The monoisotopic (exact) mass is 258 g/mol. The minimum Gasteiger partial charge on any atom is -0.505 e. The highest BCUT2D eigenvalue weighted by molar-refractivity contribution is 6.31. The lowest BCUT2D eigenvalue weighted by Crippen LogP contribution is -2.43. The number of phenolic OH excluding ortho intramolecular Hbond substituents is 1. The molecule has 0 radical (unpaired) electrons. The number of aliphatic carboxylic acids is 1. The normalized spacial score (nSPS) is 17.6. The summed E-state index contributed by atoms with van der Waals surface area (Å²) in [7, 11) is 0. The van der Waals surface area contributed by atoms with Crippen molar-refractivity contribution >= 4 is 17.6 Å². The van der Waals surface area contributed by atoms with Crippen LogP contribution in [0.25, 0.3) is 0 Å². The molecule has 5 heteroatoms. The number of halogens is 2. The SMILES string of the molecule is Cc1c(Cl)cc(F)c(O)c1C1(C(=O)O)CCC1. The largest absolute Gasteiger partial charge is 0.505 e. The quantitative estimate of drug-likeness (QED) is 0.857. The summed E-state index contributed by atoms with van der Waals surface area (Å²) in [6, 6.07) is 1.00. The lowest BCUT2D eigenvalue weighted by atomic mass is 9.63. The fraction of sp³-hybridized carbons (Fsp3) is 0.417. The standard InChI is InChI=1S/C12H12ClFO3/c1-6-7(13)5-8(14)10(15)9(6)12(11(16)17)3-2-4-12/h5,15H,2-4H2,1H3,(H,16,17). The summed E-state index contributed by atoms with van der Waals surface area (Å²) < 4.78 is 13.4. The molecule has 0 aromatic heterocycles. The molecule has 0 amide bonds. The van der Waals surface area contributed by atoms with Crippen molar-refractivity contribution in [1.29, 1.82) is 0 Å². The molecule has 1 aliphatic rings. The maximum Gasteiger partial charge on any atom is 0.314 e. The highest BCUT2D eigenvalue weighted by Crippen LogP contribution is 2.50. The molecule has 1 aromatic rings. The van der Waals surface area contributed by atoms with Crippen LogP contribution in [0.1, 0.15) is 30.4 Å². The predicted molar refractivity (Wildman–Crippen MR) is 61.0 cm³/mol. The van der Waals surface area contributed by atoms with Gasteiger partial charge in [-0.05, 0) is 31.4 Å². The second kappa shape index (κ2) is 3.88. The first kappa shape index (κ1) is 12.2. The Hall–Kier alpha value is -1.29. The summed E-state index contributed by atoms with van der Waals surface area (Å²) in [4.78, 5) is 11.4. The second-order valence-electron chi connectivity index (χ2n) is 4.43. The van der Waals surface area contributed by atoms with Gasteiger partial charge in [0, 0.05) is 10.6 Å². The molecule has 3 nitrogen and oxygen atoms in total. The fourth-order valence-electron chi connectivity index (χ4n) is 2.39. The summed E-state index contributed by atoms with van der Waals surface area (Å²) in [5, 5.41) is 19.2. The molecule has 1 aliphatic carbocycles. The molecule has 1 aromatic carbocycles. The third-order valence-corrected chi connectivity index (χ3v) is 3.94. The topological polar surface area (TPSA) is 57.5 Å². The predicted octanol–water partition coefficient (Wildman–Crippen LogP) is 3.00. The van der Waals surface area contributed by atoms with Crippen molar-refractivity contribution in [2.24, 2.45) is 0 Å². The van der Waals surface area contributed by atoms with Crippen LogP contribution in [-0.2, 0) is 10.2 Å². The second-order valence-corrected chi connectivity index (χ2v) is 4.84. The summed E-state index contributed by atoms with van der Waals surface area (Å²) in [6.45, 7) is 1.60. The van der Waals surface area contributed by atoms with E-state index in [1.54, 1.807) is 6.92 Å². The van der Waals surface area contributed by atoms with E-state index in [2.05, 4.69) is 0 Å². The number of aromatic hydroxyl groups is 1. The van der Waals surface area contributed by atoms with Crippen molar-refractivity contribution < 1.29 is 19.4 Å². The van der Waals surface area contributed by atoms with Gasteiger partial charge in [0.15, 0.2) is 11.6 Å². The number of phenols is 1. The third kappa shape index (κ3) is 1.59. The van der Waals surface area contributed by atoms with Gasteiger partial charge in [-0.3, -0.25) is 4.79 Å². The molecule has 17 heavy (non-hydrogen) atoms. The van der Waals surface area contributed by atoms with Crippen molar-refractivity contribution in [1.82, 2.24) is 0 Å². The zero-order valence-corrected chi connectivity index (χ0v) is 10.0. The molecule has 0 heterocycles. The van der Waals surface area contributed by atoms with Gasteiger partial charge in [0.25, 0.3) is 0 Å². The Morgan fingerprint density at radius 1 is 1.53 bits per heavy atom. The first-order valence-corrected chi connectivity index (χ1v) is 5.69. The maximum atomic E-state index is 13.4. The van der Waals surface area contributed by atoms with Crippen LogP contribution in [0.15, 0.2) is 6.07 Å². The average Bonchev–Trinajstić information content (AvgIpc) is 2.18. The smallest absolute Gasteiger partial charge is 0.314 e. The number of benzene rings is 1. The van der Waals surface area contributed by atoms with Crippen LogP contribution in [0, 0.1) is 12.7 Å². The van der Waals surface area contributed by atoms with Crippen LogP contribution in [0.5, 0.6) is 5.75 Å². The number of hydrogen-bond donors (Lipinski definition) is 2. The van der Waals surface area contributed by atoms with Gasteiger partial charge in [0.1, 0.15) is 0 Å². The molecular formula is C12H12ClFO3. The number of carboxylic acids is 1. The molecule has 0 spiro atoms. The zero-order chi connectivity index (χ0) is 12.8. The average molecular weight is 259 g/mol. The van der Waals surface area contributed by atoms with Gasteiger partial charge in [-0.25, -0.2) is 4.39 Å². The van der Waals surface area contributed by atoms with Crippen LogP contribution in [-0.4, -0.2) is 16.2 Å². The summed E-state index contributed by atoms with van der Waals surface area (Å²) >= 11 is 5.84. The molecule has 0 unspecified atom stereocenters. The number of rotatable bonds is 2. The Labute approximate surface area is 103 Å². The van der Waals surface area contributed by atoms with Gasteiger partial charge in [0.2, 0.25) is 0 Å². The fourth-order valence-corrected chi connectivity index (χ4v) is 2.58. The van der Waals surface area contributed by atoms with E-state index in [1.807, 2.05) is 0 Å². The number of carbonyl (C=O) groups is 1. The van der Waals surface area contributed by atoms with E-state index in [0.29, 0.717) is 18.4 Å². The van der Waals surface area contributed by atoms with E-state index in [1.165, 1.54) is 0 Å². The van der Waals surface area contributed by atoms with Crippen LogP contribution < -0.4 is 0 Å². The molecule has 2 rings (SSSR count). The van der Waals surface area contributed by atoms with Crippen molar-refractivity contribution in [2.75, 3.05) is 0 Å². The van der Waals surface area contributed by atoms with Gasteiger partial charge in [-0.15, -0.1) is 0 Å². The molecule has 1 saturated carbocycles. The first-order valence-electron chi connectivity index (χ1n) is 5.31. The van der Waals surface area contributed by atoms with Gasteiger partial charge in [0.05, 0.1) is 5.41 Å². The lowest BCUT2D eigenvalue weighted by molar-refractivity contribution is -0.147. The Morgan fingerprint density at radius 2 is 2.12 bits per heavy atom. The van der Waals surface area contributed by atoms with E-state index in [0.717, 1.165) is 12.5 Å². The molecule has 0 atom stereocenters. The zero-order valence-electron chi connectivity index (χ0n) is 9.26. The third-order valence-electron chi connectivity index (χ3n) is 3.54. The van der Waals surface area contributed by atoms with Crippen molar-refractivity contribution in [3.05, 3.63) is 28.0 Å². The highest BCUT2D eigenvalue weighted by atomic mass is 35.5. The Kier molecular flexibility index (Phi) is 2.78. The lowest BCUT2D eigenvalue weighted by Gasteiger charge is -2.39. The summed E-state index contributed by atoms with van der Waals surface area (Å²) in [5.41, 5.74) is -0.617. The van der Waals surface area contributed by atoms with Crippen LogP contribution >= 0.6 is 11.6 Å². The number of hydrogen-bond acceptors (Lipinski definition) is 2. The van der Waals surface area contributed by atoms with E-state index < -0.39 is 23.0 Å². The minimum absolute atomic E-state index is 0.126. The van der Waals surface area contributed by atoms with Gasteiger partial charge < -0.3 is 10.2 Å². The van der Waals surface area contributed by atoms with E-state index in [9.17, 15) is 19.4 Å². The maximum absolute atomic E-state index is 13.4. The minimum atomic E-state index is -1.18. The van der Waals surface area contributed by atoms with Crippen LogP contribution in [0.2, 0.25) is 5.02 Å². The molecule has 0 saturated heterocycles. The van der Waals surface area contributed by atoms with Crippen molar-refractivity contribution in [3.63, 3.8) is 0 Å². The number of carboxylic acid groups (broad SMARTS) is 1. The summed E-state index contributed by atoms with van der Waals surface area (Å²) in [6.07, 6.45) is 1.55. The molecule has 0 aliphatic heterocycles. The van der Waals surface area contributed by atoms with Crippen molar-refractivity contribution in [2.45, 2.75) is 31.6 Å². The van der Waals surface area contributed by atoms with E-state index in [-0.39, 0.29) is 10.6 Å². The highest BCUT2D eigenvalue weighted by Gasteiger charge is 2.49. The van der Waals surface area contributed by atoms with Crippen molar-refractivity contribution in [3.8, 4) is 5.75 Å². The van der Waals surface area contributed by atoms with Gasteiger partial charge in [-0.2, -0.15) is 0 Å². The molecular weight excluding hydrogens is 247 g/mol. The van der Waals surface area contributed by atoms with E-state index in [4.69, 9.17) is 11.6 Å². The molecule has 0 bridgehead atoms. The van der Waals surface area contributed by atoms with E-state index >= 15 is 0 Å². The molecule has 1 fully saturated rings. The van der Waals surface area contributed by atoms with Gasteiger partial charge in [-0.1, -0.05) is 18.0 Å². The Balaban J connectivity index is 2.70. The Morgan fingerprint density at radius 3 is 2.53 bits per heavy atom. The molecule has 92 valence electrons. The molecule has 2 N–H and O–H groups in total. The Bertz CT molecular complexity index is 469. The van der Waals surface area contributed by atoms with Crippen LogP contribution in [0.4, 0.5) is 4.39 Å².